The summed E-state index contributed by atoms with van der Waals surface area (Å²) in [5.74, 6) is 2.18. The smallest absolute Gasteiger partial charge is 0.283 e. The Bertz CT molecular complexity index is 688. The predicted molar refractivity (Wildman–Crippen MR) is 73.9 cm³/mol. The molecule has 0 spiro atoms. The second kappa shape index (κ2) is 5.30. The Kier molecular flexibility index (Phi) is 3.35. The summed E-state index contributed by atoms with van der Waals surface area (Å²) in [4.78, 5) is 0. The highest BCUT2D eigenvalue weighted by molar-refractivity contribution is 5.44. The molecule has 1 atom stereocenters. The molecule has 0 saturated heterocycles. The number of hydrogen-bond acceptors (Lipinski definition) is 5. The van der Waals surface area contributed by atoms with Crippen LogP contribution in [0.1, 0.15) is 30.2 Å². The van der Waals surface area contributed by atoms with Crippen LogP contribution < -0.4 is 5.73 Å². The molecule has 5 nitrogen and oxygen atoms in total. The average Bonchev–Trinajstić information content (AvgIpc) is 3.16. The van der Waals surface area contributed by atoms with Crippen LogP contribution in [0.3, 0.4) is 0 Å². The molecule has 0 saturated carbocycles. The van der Waals surface area contributed by atoms with E-state index in [0.29, 0.717) is 17.5 Å². The minimum atomic E-state index is -0.432. The molecule has 3 aromatic rings. The van der Waals surface area contributed by atoms with E-state index >= 15 is 0 Å². The zero-order valence-electron chi connectivity index (χ0n) is 11.1. The fourth-order valence-corrected chi connectivity index (χ4v) is 1.95. The Morgan fingerprint density at radius 3 is 2.55 bits per heavy atom. The lowest BCUT2D eigenvalue weighted by Crippen LogP contribution is -2.11. The van der Waals surface area contributed by atoms with Gasteiger partial charge < -0.3 is 14.6 Å². The van der Waals surface area contributed by atoms with Crippen LogP contribution in [-0.4, -0.2) is 10.2 Å². The highest BCUT2D eigenvalue weighted by atomic mass is 16.4. The lowest BCUT2D eigenvalue weighted by molar-refractivity contribution is 0.455. The van der Waals surface area contributed by atoms with E-state index in [-0.39, 0.29) is 0 Å². The Morgan fingerprint density at radius 2 is 1.85 bits per heavy atom. The van der Waals surface area contributed by atoms with E-state index in [4.69, 9.17) is 14.6 Å². The number of aromatic nitrogens is 2. The summed E-state index contributed by atoms with van der Waals surface area (Å²) < 4.78 is 11.2. The number of hydrogen-bond donors (Lipinski definition) is 1. The standard InChI is InChI=1S/C15H15N3O2/c1-2-11-8-9-12(19-11)14-17-18-15(20-14)13(16)10-6-4-3-5-7-10/h3-9,13H,2,16H2,1H3. The van der Waals surface area contributed by atoms with Gasteiger partial charge in [-0.15, -0.1) is 10.2 Å². The van der Waals surface area contributed by atoms with Gasteiger partial charge in [-0.1, -0.05) is 37.3 Å². The summed E-state index contributed by atoms with van der Waals surface area (Å²) in [6.07, 6.45) is 0.824. The molecule has 2 N–H and O–H groups in total. The van der Waals surface area contributed by atoms with Crippen LogP contribution in [0, 0.1) is 0 Å². The summed E-state index contributed by atoms with van der Waals surface area (Å²) in [7, 11) is 0. The zero-order chi connectivity index (χ0) is 13.9. The van der Waals surface area contributed by atoms with Gasteiger partial charge in [0.1, 0.15) is 11.8 Å². The lowest BCUT2D eigenvalue weighted by atomic mass is 10.1. The van der Waals surface area contributed by atoms with Gasteiger partial charge in [0.05, 0.1) is 0 Å². The van der Waals surface area contributed by atoms with Gasteiger partial charge in [0.25, 0.3) is 5.89 Å². The average molecular weight is 269 g/mol. The van der Waals surface area contributed by atoms with Gasteiger partial charge in [-0.2, -0.15) is 0 Å². The van der Waals surface area contributed by atoms with Crippen molar-refractivity contribution in [3.63, 3.8) is 0 Å². The van der Waals surface area contributed by atoms with Gasteiger partial charge in [0.2, 0.25) is 5.89 Å². The van der Waals surface area contributed by atoms with Crippen LogP contribution in [0.15, 0.2) is 51.3 Å². The molecule has 1 unspecified atom stereocenters. The van der Waals surface area contributed by atoms with Crippen LogP contribution in [0.5, 0.6) is 0 Å². The molecule has 0 aliphatic heterocycles. The number of aryl methyl sites for hydroxylation is 1. The fourth-order valence-electron chi connectivity index (χ4n) is 1.95. The molecule has 102 valence electrons. The Balaban J connectivity index is 1.86. The first-order chi connectivity index (χ1) is 9.78. The zero-order valence-corrected chi connectivity index (χ0v) is 11.1. The molecule has 1 aromatic carbocycles. The van der Waals surface area contributed by atoms with Gasteiger partial charge in [-0.3, -0.25) is 0 Å². The third-order valence-corrected chi connectivity index (χ3v) is 3.09. The molecule has 3 rings (SSSR count). The molecular formula is C15H15N3O2. The summed E-state index contributed by atoms with van der Waals surface area (Å²) in [6.45, 7) is 2.02. The first kappa shape index (κ1) is 12.6. The molecule has 2 aromatic heterocycles. The van der Waals surface area contributed by atoms with Crippen LogP contribution in [0.25, 0.3) is 11.7 Å². The number of furan rings is 1. The molecule has 20 heavy (non-hydrogen) atoms. The SMILES string of the molecule is CCc1ccc(-c2nnc(C(N)c3ccccc3)o2)o1. The minimum absolute atomic E-state index is 0.353. The number of nitrogens with two attached hydrogens (primary N) is 1. The molecule has 0 amide bonds. The van der Waals surface area contributed by atoms with Gasteiger partial charge in [-0.25, -0.2) is 0 Å². The highest BCUT2D eigenvalue weighted by Crippen LogP contribution is 2.24. The summed E-state index contributed by atoms with van der Waals surface area (Å²) in [5, 5.41) is 7.99. The summed E-state index contributed by atoms with van der Waals surface area (Å²) in [5.41, 5.74) is 7.04. The normalized spacial score (nSPS) is 12.5. The summed E-state index contributed by atoms with van der Waals surface area (Å²) in [6, 6.07) is 12.9. The second-order valence-electron chi connectivity index (χ2n) is 4.45. The van der Waals surface area contributed by atoms with Crippen molar-refractivity contribution in [1.82, 2.24) is 10.2 Å². The van der Waals surface area contributed by atoms with Gasteiger partial charge in [0, 0.05) is 6.42 Å². The predicted octanol–water partition coefficient (Wildman–Crippen LogP) is 2.94. The van der Waals surface area contributed by atoms with E-state index in [1.807, 2.05) is 49.4 Å². The van der Waals surface area contributed by atoms with Crippen LogP contribution in [-0.2, 0) is 6.42 Å². The van der Waals surface area contributed by atoms with Crippen molar-refractivity contribution in [2.24, 2.45) is 5.73 Å². The molecular weight excluding hydrogens is 254 g/mol. The maximum Gasteiger partial charge on any atom is 0.283 e. The second-order valence-corrected chi connectivity index (χ2v) is 4.45. The quantitative estimate of drug-likeness (QED) is 0.787. The van der Waals surface area contributed by atoms with Crippen molar-refractivity contribution in [2.75, 3.05) is 0 Å². The fraction of sp³-hybridized carbons (Fsp3) is 0.200. The topological polar surface area (TPSA) is 78.1 Å². The van der Waals surface area contributed by atoms with Gasteiger partial charge >= 0.3 is 0 Å². The minimum Gasteiger partial charge on any atom is -0.456 e. The maximum atomic E-state index is 6.11. The van der Waals surface area contributed by atoms with E-state index < -0.39 is 6.04 Å². The van der Waals surface area contributed by atoms with Crippen LogP contribution in [0.4, 0.5) is 0 Å². The highest BCUT2D eigenvalue weighted by Gasteiger charge is 2.18. The van der Waals surface area contributed by atoms with E-state index in [2.05, 4.69) is 10.2 Å². The Hall–Kier alpha value is -2.40. The van der Waals surface area contributed by atoms with Crippen molar-refractivity contribution in [1.29, 1.82) is 0 Å². The molecule has 0 fully saturated rings. The number of nitrogens with zero attached hydrogens (tertiary/aromatic N) is 2. The van der Waals surface area contributed by atoms with Crippen molar-refractivity contribution in [2.45, 2.75) is 19.4 Å². The Morgan fingerprint density at radius 1 is 1.05 bits per heavy atom. The molecule has 0 bridgehead atoms. The van der Waals surface area contributed by atoms with E-state index in [9.17, 15) is 0 Å². The van der Waals surface area contributed by atoms with Crippen LogP contribution in [0.2, 0.25) is 0 Å². The molecule has 5 heteroatoms. The lowest BCUT2D eigenvalue weighted by Gasteiger charge is -2.05. The summed E-state index contributed by atoms with van der Waals surface area (Å²) >= 11 is 0. The first-order valence-electron chi connectivity index (χ1n) is 6.51. The van der Waals surface area contributed by atoms with Crippen molar-refractivity contribution < 1.29 is 8.83 Å². The van der Waals surface area contributed by atoms with Crippen molar-refractivity contribution >= 4 is 0 Å². The first-order valence-corrected chi connectivity index (χ1v) is 6.51. The van der Waals surface area contributed by atoms with Gasteiger partial charge in [0.15, 0.2) is 5.76 Å². The molecule has 0 aliphatic carbocycles. The number of rotatable bonds is 4. The van der Waals surface area contributed by atoms with Crippen LogP contribution >= 0.6 is 0 Å². The van der Waals surface area contributed by atoms with Gasteiger partial charge in [-0.05, 0) is 17.7 Å². The largest absolute Gasteiger partial charge is 0.456 e. The Labute approximate surface area is 116 Å². The van der Waals surface area contributed by atoms with E-state index in [1.54, 1.807) is 0 Å². The molecule has 2 heterocycles. The van der Waals surface area contributed by atoms with Crippen molar-refractivity contribution in [3.8, 4) is 11.7 Å². The monoisotopic (exact) mass is 269 g/mol. The van der Waals surface area contributed by atoms with E-state index in [0.717, 1.165) is 17.7 Å². The molecule has 0 aliphatic rings. The maximum absolute atomic E-state index is 6.11. The van der Waals surface area contributed by atoms with E-state index in [1.165, 1.54) is 0 Å². The third-order valence-electron chi connectivity index (χ3n) is 3.09. The third kappa shape index (κ3) is 2.35. The number of benzene rings is 1. The van der Waals surface area contributed by atoms with Crippen molar-refractivity contribution in [3.05, 3.63) is 59.7 Å². The molecule has 0 radical (unpaired) electrons.